The summed E-state index contributed by atoms with van der Waals surface area (Å²) in [6.07, 6.45) is 13.5. The Balaban J connectivity index is 0.000000211. The van der Waals surface area contributed by atoms with Crippen molar-refractivity contribution in [2.24, 2.45) is 70.9 Å². The zero-order valence-electron chi connectivity index (χ0n) is 80.8. The van der Waals surface area contributed by atoms with Crippen LogP contribution in [0.15, 0.2) is 158 Å². The van der Waals surface area contributed by atoms with Crippen molar-refractivity contribution in [3.8, 4) is 40.2 Å². The van der Waals surface area contributed by atoms with E-state index in [0.717, 1.165) is 37.9 Å². The second kappa shape index (κ2) is 52.7. The summed E-state index contributed by atoms with van der Waals surface area (Å²) in [6.45, 7) is 1.59. The normalized spacial score (nSPS) is 17.1. The zero-order valence-corrected chi connectivity index (χ0v) is 92.2. The number of sulfonamides is 7. The lowest BCUT2D eigenvalue weighted by molar-refractivity contribution is 0.222. The number of benzene rings is 7. The Morgan fingerprint density at radius 1 is 0.243 bits per heavy atom. The van der Waals surface area contributed by atoms with Gasteiger partial charge in [-0.05, 0) is 133 Å². The molecule has 7 aliphatic heterocycles. The SMILES string of the molecule is CS(=O)(=O)CCCCOc1cccc2c1C(N)=NS(=O)(=O)C2.CS(=O)(=O)CCCOc1cccc2c1C(N)=NS(=O)(=O)C2.CS(=O)(=O)CCOc1cccc2c1C(N)=NS(=O)(=O)C2.CS(=O)(=O)OCCCCOc1cccc2c1C(N)=NS(=O)(=O)C2.CS(=O)(=O)OCCOc1cccc2c1C(N)=NS(=O)(=O)C2.CS(=O)CCCCOc1cccc2c1C(N)=NS(=O)(=O)C2.CS(=O)CCCOc1cccc2c1C(N)=NS(=O)(=O)C2. The van der Waals surface area contributed by atoms with E-state index in [1.807, 2.05) is 0 Å². The lowest BCUT2D eigenvalue weighted by atomic mass is 10.1. The quantitative estimate of drug-likeness (QED) is 0.0212. The van der Waals surface area contributed by atoms with E-state index in [-0.39, 0.29) is 131 Å². The molecule has 14 N–H and O–H groups in total. The molecule has 0 bridgehead atoms. The van der Waals surface area contributed by atoms with Crippen molar-refractivity contribution in [3.05, 3.63) is 205 Å². The molecule has 0 aliphatic carbocycles. The number of nitrogens with two attached hydrogens (primary N) is 7. The molecule has 148 heavy (non-hydrogen) atoms. The summed E-state index contributed by atoms with van der Waals surface area (Å²) in [7, 11) is -42.7. The van der Waals surface area contributed by atoms with Gasteiger partial charge in [0.2, 0.25) is 0 Å². The van der Waals surface area contributed by atoms with Crippen LogP contribution in [-0.4, -0.2) is 282 Å². The average molecular weight is 2340 g/mol. The molecule has 0 saturated heterocycles. The molecular weight excluding hydrogens is 2230 g/mol. The lowest BCUT2D eigenvalue weighted by Gasteiger charge is -2.18. The van der Waals surface area contributed by atoms with Crippen molar-refractivity contribution in [2.75, 3.05) is 132 Å². The molecule has 7 heterocycles. The van der Waals surface area contributed by atoms with Crippen LogP contribution in [-0.2, 0) is 190 Å². The maximum absolute atomic E-state index is 11.6. The largest absolute Gasteiger partial charge is 0.493 e. The summed E-state index contributed by atoms with van der Waals surface area (Å²) in [4.78, 5) is 0. The van der Waals surface area contributed by atoms with E-state index < -0.39 is 142 Å². The minimum atomic E-state index is -3.60. The van der Waals surface area contributed by atoms with Gasteiger partial charge in [0.05, 0.1) is 149 Å². The highest BCUT2D eigenvalue weighted by Crippen LogP contribution is 2.36. The first-order valence-electron chi connectivity index (χ1n) is 43.8. The molecule has 0 radical (unpaired) electrons. The molecule has 818 valence electrons. The van der Waals surface area contributed by atoms with Crippen molar-refractivity contribution in [1.82, 2.24) is 0 Å². The molecule has 14 rings (SSSR count). The van der Waals surface area contributed by atoms with Gasteiger partial charge >= 0.3 is 0 Å². The van der Waals surface area contributed by atoms with Crippen LogP contribution in [0.25, 0.3) is 0 Å². The lowest BCUT2D eigenvalue weighted by Crippen LogP contribution is -2.25. The van der Waals surface area contributed by atoms with Gasteiger partial charge in [-0.3, -0.25) is 16.8 Å². The molecule has 49 nitrogen and oxygen atoms in total. The molecule has 2 atom stereocenters. The number of amidine groups is 7. The van der Waals surface area contributed by atoms with Gasteiger partial charge < -0.3 is 73.3 Å². The Kier molecular flexibility index (Phi) is 43.5. The van der Waals surface area contributed by atoms with Crippen molar-refractivity contribution < 1.29 is 151 Å². The van der Waals surface area contributed by atoms with E-state index in [2.05, 4.69) is 39.2 Å². The fourth-order valence-electron chi connectivity index (χ4n) is 14.1. The number of unbranched alkanes of at least 4 members (excludes halogenated alkanes) is 3. The van der Waals surface area contributed by atoms with Gasteiger partial charge in [-0.25, -0.2) is 84.2 Å². The highest BCUT2D eigenvalue weighted by atomic mass is 32.3. The standard InChI is InChI=1S/C13H18N2O6S2.C13H18N2O5S2.C13H18N2O4S2.C12H16N2O5S2.C12H16N2O4S2.C11H14N2O6S2.C11H14N2O5S2/c1-22(16,17)21-8-3-2-7-20-11-6-4-5-10-9-23(18,19)15-13(14)12(10)11;1-21(16,17)8-3-2-7-20-11-6-4-5-10-9-22(18,19)15-13(14)12(10)11;1-20(16)8-3-2-7-19-11-6-4-5-10-9-21(17,18)15-13(14)12(10)11;1-20(15,16)7-3-6-19-10-5-2-4-9-8-21(17,18)14-12(13)11(9)10;1-19(15)7-3-6-18-10-5-2-4-9-8-20(16,17)14-12(13)11(9)10;1-20(14,15)19-6-5-18-9-4-2-3-8-7-21(16,17)13-11(12)10(8)9;1-19(14,15)6-5-18-9-4-2-3-8-7-20(16,17)13-11(12)10(8)9/h4-6H,2-3,7-9H2,1H3,(H2,14,15);4-6H,2-3,7-9H2,1H3,(H2,14,15);4-6H,2-3,7-9H2,1H3,(H2,14,15);2,4-5H,3,6-8H2,1H3,(H2,13,14);2,4-5H,3,6-8H2,1H3,(H2,13,14);2-4H,5-7H2,1H3,(H2,12,13);2-4H,5-7H2,1H3,(H2,12,13). The van der Waals surface area contributed by atoms with Crippen LogP contribution in [0.2, 0.25) is 0 Å². The van der Waals surface area contributed by atoms with Gasteiger partial charge in [-0.15, -0.1) is 30.8 Å². The fraction of sp³-hybridized carbons (Fsp3) is 0.424. The summed E-state index contributed by atoms with van der Waals surface area (Å²) in [5, 5.41) is 0. The number of nitrogens with zero attached hydrogens (tertiary/aromatic N) is 7. The molecule has 2 unspecified atom stereocenters. The van der Waals surface area contributed by atoms with Crippen LogP contribution < -0.4 is 73.3 Å². The van der Waals surface area contributed by atoms with E-state index in [9.17, 15) is 109 Å². The van der Waals surface area contributed by atoms with Crippen molar-refractivity contribution in [3.63, 3.8) is 0 Å². The summed E-state index contributed by atoms with van der Waals surface area (Å²) in [5.74, 6) is 2.24. The summed E-state index contributed by atoms with van der Waals surface area (Å²) >= 11 is 0. The van der Waals surface area contributed by atoms with E-state index in [4.69, 9.17) is 73.3 Å². The minimum absolute atomic E-state index is 0.0243. The van der Waals surface area contributed by atoms with Crippen LogP contribution in [0, 0.1) is 0 Å². The van der Waals surface area contributed by atoms with Crippen LogP contribution in [0.1, 0.15) is 129 Å². The predicted octanol–water partition coefficient (Wildman–Crippen LogP) is 1.26. The van der Waals surface area contributed by atoms with Crippen molar-refractivity contribution in [1.29, 1.82) is 0 Å². The third-order valence-corrected chi connectivity index (χ3v) is 34.0. The third kappa shape index (κ3) is 41.4. The van der Waals surface area contributed by atoms with Gasteiger partial charge in [0, 0.05) is 64.4 Å². The van der Waals surface area contributed by atoms with E-state index >= 15 is 0 Å². The molecule has 0 amide bonds. The van der Waals surface area contributed by atoms with Crippen LogP contribution >= 0.6 is 0 Å². The average Bonchev–Trinajstić information content (AvgIpc) is 0.813. The molecule has 63 heteroatoms. The Labute approximate surface area is 866 Å². The summed E-state index contributed by atoms with van der Waals surface area (Å²) < 4.78 is 365. The maximum Gasteiger partial charge on any atom is 0.264 e. The van der Waals surface area contributed by atoms with Crippen LogP contribution in [0.3, 0.4) is 0 Å². The first kappa shape index (κ1) is 122. The third-order valence-electron chi connectivity index (χ3n) is 20.1. The number of rotatable bonds is 38. The number of hydrogen-bond acceptors (Lipinski definition) is 42. The van der Waals surface area contributed by atoms with Crippen molar-refractivity contribution in [2.45, 2.75) is 91.6 Å². The van der Waals surface area contributed by atoms with E-state index in [1.165, 1.54) is 6.26 Å². The van der Waals surface area contributed by atoms with E-state index in [0.29, 0.717) is 195 Å². The Bertz CT molecular complexity index is 7740. The smallest absolute Gasteiger partial charge is 0.264 e. The first-order valence-corrected chi connectivity index (χ1v) is 68.3. The monoisotopic (exact) mass is 2340 g/mol. The van der Waals surface area contributed by atoms with Gasteiger partial charge in [-0.1, -0.05) is 84.9 Å². The molecule has 7 aromatic rings. The van der Waals surface area contributed by atoms with Gasteiger partial charge in [0.25, 0.3) is 90.4 Å². The molecule has 7 aromatic carbocycles. The van der Waals surface area contributed by atoms with Crippen LogP contribution in [0.4, 0.5) is 0 Å². The topological polar surface area (TPSA) is 796 Å². The van der Waals surface area contributed by atoms with Crippen LogP contribution in [0.5, 0.6) is 40.2 Å². The second-order valence-corrected chi connectivity index (χ2v) is 57.8. The number of hydrogen-bond donors (Lipinski definition) is 7. The molecule has 0 saturated carbocycles. The second-order valence-electron chi connectivity index (χ2n) is 33.2. The Morgan fingerprint density at radius 2 is 0.432 bits per heavy atom. The predicted molar refractivity (Wildman–Crippen MR) is 563 cm³/mol. The number of fused-ring (bicyclic) bond motifs is 7. The maximum atomic E-state index is 11.6. The highest BCUT2D eigenvalue weighted by Gasteiger charge is 2.33. The zero-order chi connectivity index (χ0) is 110. The van der Waals surface area contributed by atoms with Crippen molar-refractivity contribution >= 4 is 182 Å². The molecule has 7 aliphatic rings. The highest BCUT2D eigenvalue weighted by molar-refractivity contribution is 7.92. The van der Waals surface area contributed by atoms with E-state index in [1.54, 1.807) is 140 Å². The Morgan fingerprint density at radius 3 is 0.669 bits per heavy atom. The van der Waals surface area contributed by atoms with Gasteiger partial charge in [-0.2, -0.15) is 16.8 Å². The number of ether oxygens (including phenoxy) is 7. The first-order chi connectivity index (χ1) is 68.7. The minimum Gasteiger partial charge on any atom is -0.493 e. The Hall–Kier alpha value is -11.0. The molecule has 0 aromatic heterocycles. The number of sulfone groups is 3. The molecular formula is C85H114N14O35S14. The fourth-order valence-corrected chi connectivity index (χ4v) is 25.5. The van der Waals surface area contributed by atoms with Gasteiger partial charge in [0.15, 0.2) is 9.84 Å². The van der Waals surface area contributed by atoms with Gasteiger partial charge in [0.1, 0.15) is 121 Å². The summed E-state index contributed by atoms with van der Waals surface area (Å²) in [5.41, 5.74) is 47.1. The summed E-state index contributed by atoms with van der Waals surface area (Å²) in [6, 6.07) is 35.1. The molecule has 0 spiro atoms. The molecule has 0 fully saturated rings.